The van der Waals surface area contributed by atoms with Crippen LogP contribution in [-0.4, -0.2) is 42.9 Å². The standard InChI is InChI=1S/C17H22N2O4/c1-12-3-5-13(6-4-12)10-19-11-14(9-15(19)20)17(22)18-8-7-16(21)23-2/h3-6,14H,7-11H2,1-2H3,(H,18,22). The summed E-state index contributed by atoms with van der Waals surface area (Å²) in [5.74, 6) is -0.924. The van der Waals surface area contributed by atoms with Crippen molar-refractivity contribution in [2.45, 2.75) is 26.3 Å². The minimum atomic E-state index is -0.367. The van der Waals surface area contributed by atoms with Crippen molar-refractivity contribution in [1.82, 2.24) is 10.2 Å². The van der Waals surface area contributed by atoms with Crippen molar-refractivity contribution >= 4 is 17.8 Å². The molecule has 2 rings (SSSR count). The molecule has 1 aliphatic heterocycles. The molecule has 1 N–H and O–H groups in total. The van der Waals surface area contributed by atoms with Gasteiger partial charge in [0.15, 0.2) is 0 Å². The zero-order valence-electron chi connectivity index (χ0n) is 13.5. The van der Waals surface area contributed by atoms with E-state index in [2.05, 4.69) is 10.1 Å². The van der Waals surface area contributed by atoms with E-state index in [0.717, 1.165) is 5.56 Å². The van der Waals surface area contributed by atoms with Gasteiger partial charge in [-0.3, -0.25) is 14.4 Å². The van der Waals surface area contributed by atoms with E-state index < -0.39 is 0 Å². The maximum atomic E-state index is 12.1. The summed E-state index contributed by atoms with van der Waals surface area (Å²) >= 11 is 0. The molecule has 0 spiro atoms. The fourth-order valence-electron chi connectivity index (χ4n) is 2.55. The average Bonchev–Trinajstić information content (AvgIpc) is 2.90. The Bertz CT molecular complexity index is 583. The Morgan fingerprint density at radius 2 is 2.00 bits per heavy atom. The third-order valence-corrected chi connectivity index (χ3v) is 3.94. The first-order valence-corrected chi connectivity index (χ1v) is 7.67. The number of aryl methyl sites for hydroxylation is 1. The van der Waals surface area contributed by atoms with E-state index in [1.54, 1.807) is 4.90 Å². The van der Waals surface area contributed by atoms with Gasteiger partial charge in [-0.25, -0.2) is 0 Å². The molecule has 1 fully saturated rings. The Morgan fingerprint density at radius 3 is 2.65 bits per heavy atom. The van der Waals surface area contributed by atoms with Crippen LogP contribution in [0.15, 0.2) is 24.3 Å². The summed E-state index contributed by atoms with van der Waals surface area (Å²) in [5.41, 5.74) is 2.22. The molecule has 0 saturated carbocycles. The number of ether oxygens (including phenoxy) is 1. The maximum Gasteiger partial charge on any atom is 0.307 e. The number of nitrogens with zero attached hydrogens (tertiary/aromatic N) is 1. The predicted octanol–water partition coefficient (Wildman–Crippen LogP) is 1.02. The molecule has 23 heavy (non-hydrogen) atoms. The normalized spacial score (nSPS) is 17.2. The second kappa shape index (κ2) is 7.76. The van der Waals surface area contributed by atoms with Gasteiger partial charge in [0.1, 0.15) is 0 Å². The maximum absolute atomic E-state index is 12.1. The topological polar surface area (TPSA) is 75.7 Å². The second-order valence-electron chi connectivity index (χ2n) is 5.78. The second-order valence-corrected chi connectivity index (χ2v) is 5.78. The minimum Gasteiger partial charge on any atom is -0.469 e. The number of esters is 1. The summed E-state index contributed by atoms with van der Waals surface area (Å²) in [7, 11) is 1.31. The number of methoxy groups -OCH3 is 1. The van der Waals surface area contributed by atoms with Crippen LogP contribution >= 0.6 is 0 Å². The highest BCUT2D eigenvalue weighted by Crippen LogP contribution is 2.20. The zero-order valence-corrected chi connectivity index (χ0v) is 13.5. The van der Waals surface area contributed by atoms with Crippen molar-refractivity contribution in [2.24, 2.45) is 5.92 Å². The molecule has 0 aliphatic carbocycles. The molecule has 0 bridgehead atoms. The Hall–Kier alpha value is -2.37. The van der Waals surface area contributed by atoms with Crippen LogP contribution in [0.25, 0.3) is 0 Å². The lowest BCUT2D eigenvalue weighted by atomic mass is 10.1. The smallest absolute Gasteiger partial charge is 0.307 e. The third-order valence-electron chi connectivity index (χ3n) is 3.94. The number of hydrogen-bond acceptors (Lipinski definition) is 4. The van der Waals surface area contributed by atoms with Crippen molar-refractivity contribution in [2.75, 3.05) is 20.2 Å². The first-order valence-electron chi connectivity index (χ1n) is 7.67. The summed E-state index contributed by atoms with van der Waals surface area (Å²) in [4.78, 5) is 36.8. The van der Waals surface area contributed by atoms with E-state index in [-0.39, 0.29) is 43.1 Å². The van der Waals surface area contributed by atoms with E-state index in [9.17, 15) is 14.4 Å². The van der Waals surface area contributed by atoms with Crippen LogP contribution in [0, 0.1) is 12.8 Å². The number of amides is 2. The van der Waals surface area contributed by atoms with Gasteiger partial charge in [0, 0.05) is 26.1 Å². The van der Waals surface area contributed by atoms with E-state index in [1.807, 2.05) is 31.2 Å². The zero-order chi connectivity index (χ0) is 16.8. The number of likely N-dealkylation sites (tertiary alicyclic amines) is 1. The molecular formula is C17H22N2O4. The number of carbonyl (C=O) groups is 3. The fraction of sp³-hybridized carbons (Fsp3) is 0.471. The molecule has 1 unspecified atom stereocenters. The Kier molecular flexibility index (Phi) is 5.73. The molecule has 6 nitrogen and oxygen atoms in total. The lowest BCUT2D eigenvalue weighted by Gasteiger charge is -2.16. The van der Waals surface area contributed by atoms with Crippen molar-refractivity contribution in [3.63, 3.8) is 0 Å². The fourth-order valence-corrected chi connectivity index (χ4v) is 2.55. The van der Waals surface area contributed by atoms with Gasteiger partial charge in [0.2, 0.25) is 11.8 Å². The van der Waals surface area contributed by atoms with Gasteiger partial charge < -0.3 is 15.0 Å². The summed E-state index contributed by atoms with van der Waals surface area (Å²) in [6.07, 6.45) is 0.353. The molecule has 1 atom stereocenters. The molecule has 0 radical (unpaired) electrons. The molecule has 124 valence electrons. The van der Waals surface area contributed by atoms with Gasteiger partial charge in [-0.15, -0.1) is 0 Å². The van der Waals surface area contributed by atoms with Gasteiger partial charge in [-0.05, 0) is 12.5 Å². The lowest BCUT2D eigenvalue weighted by Crippen LogP contribution is -2.34. The molecular weight excluding hydrogens is 296 g/mol. The summed E-state index contributed by atoms with van der Waals surface area (Å²) in [6, 6.07) is 8.00. The number of benzene rings is 1. The van der Waals surface area contributed by atoms with Crippen molar-refractivity contribution in [3.8, 4) is 0 Å². The number of rotatable bonds is 6. The van der Waals surface area contributed by atoms with Crippen molar-refractivity contribution < 1.29 is 19.1 Å². The number of nitrogens with one attached hydrogen (secondary N) is 1. The van der Waals surface area contributed by atoms with Crippen LogP contribution < -0.4 is 5.32 Å². The van der Waals surface area contributed by atoms with Gasteiger partial charge in [0.25, 0.3) is 0 Å². The van der Waals surface area contributed by atoms with Crippen LogP contribution in [0.4, 0.5) is 0 Å². The molecule has 1 aromatic carbocycles. The van der Waals surface area contributed by atoms with Crippen LogP contribution in [0.3, 0.4) is 0 Å². The lowest BCUT2D eigenvalue weighted by molar-refractivity contribution is -0.140. The molecule has 1 aliphatic rings. The minimum absolute atomic E-state index is 0.0151. The number of hydrogen-bond donors (Lipinski definition) is 1. The van der Waals surface area contributed by atoms with Crippen molar-refractivity contribution in [3.05, 3.63) is 35.4 Å². The van der Waals surface area contributed by atoms with Crippen LogP contribution in [0.5, 0.6) is 0 Å². The highest BCUT2D eigenvalue weighted by Gasteiger charge is 2.34. The van der Waals surface area contributed by atoms with E-state index in [4.69, 9.17) is 0 Å². The van der Waals surface area contributed by atoms with Crippen LogP contribution in [0.1, 0.15) is 24.0 Å². The van der Waals surface area contributed by atoms with Gasteiger partial charge in [-0.2, -0.15) is 0 Å². The van der Waals surface area contributed by atoms with Crippen LogP contribution in [-0.2, 0) is 25.7 Å². The van der Waals surface area contributed by atoms with E-state index in [0.29, 0.717) is 13.1 Å². The summed E-state index contributed by atoms with van der Waals surface area (Å²) in [5, 5.41) is 2.68. The first kappa shape index (κ1) is 17.0. The largest absolute Gasteiger partial charge is 0.469 e. The van der Waals surface area contributed by atoms with Gasteiger partial charge in [0.05, 0.1) is 19.4 Å². The first-order chi connectivity index (χ1) is 11.0. The molecule has 1 heterocycles. The van der Waals surface area contributed by atoms with Gasteiger partial charge in [-0.1, -0.05) is 29.8 Å². The molecule has 1 aromatic rings. The Labute approximate surface area is 135 Å². The summed E-state index contributed by atoms with van der Waals surface area (Å²) < 4.78 is 4.51. The Balaban J connectivity index is 1.83. The average molecular weight is 318 g/mol. The highest BCUT2D eigenvalue weighted by molar-refractivity contribution is 5.89. The van der Waals surface area contributed by atoms with Gasteiger partial charge >= 0.3 is 5.97 Å². The van der Waals surface area contributed by atoms with E-state index in [1.165, 1.54) is 12.7 Å². The molecule has 1 saturated heterocycles. The van der Waals surface area contributed by atoms with E-state index >= 15 is 0 Å². The monoisotopic (exact) mass is 318 g/mol. The molecule has 0 aromatic heterocycles. The molecule has 6 heteroatoms. The Morgan fingerprint density at radius 1 is 1.30 bits per heavy atom. The molecule has 2 amide bonds. The van der Waals surface area contributed by atoms with Crippen molar-refractivity contribution in [1.29, 1.82) is 0 Å². The SMILES string of the molecule is COC(=O)CCNC(=O)C1CC(=O)N(Cc2ccc(C)cc2)C1. The third kappa shape index (κ3) is 4.81. The quantitative estimate of drug-likeness (QED) is 0.795. The summed E-state index contributed by atoms with van der Waals surface area (Å²) in [6.45, 7) is 3.18. The highest BCUT2D eigenvalue weighted by atomic mass is 16.5. The predicted molar refractivity (Wildman–Crippen MR) is 84.3 cm³/mol. The number of carbonyl (C=O) groups excluding carboxylic acids is 3. The van der Waals surface area contributed by atoms with Crippen LogP contribution in [0.2, 0.25) is 0 Å².